The molecule has 47 heavy (non-hydrogen) atoms. The molecular weight excluding hydrogens is 634 g/mol. The fourth-order valence-electron chi connectivity index (χ4n) is 5.87. The van der Waals surface area contributed by atoms with Crippen LogP contribution in [0.1, 0.15) is 46.5 Å². The van der Waals surface area contributed by atoms with Gasteiger partial charge >= 0.3 is 6.09 Å². The van der Waals surface area contributed by atoms with Crippen LogP contribution in [0.2, 0.25) is 0 Å². The Labute approximate surface area is 274 Å². The second-order valence-electron chi connectivity index (χ2n) is 13.4. The molecule has 17 heteroatoms. The number of alkyl carbamates (subject to hydrolysis) is 1. The quantitative estimate of drug-likeness (QED) is 0.268. The van der Waals surface area contributed by atoms with E-state index in [1.54, 1.807) is 33.0 Å². The molecule has 1 aromatic rings. The average molecular weight is 678 g/mol. The summed E-state index contributed by atoms with van der Waals surface area (Å²) in [5.41, 5.74) is -2.32. The summed E-state index contributed by atoms with van der Waals surface area (Å²) < 4.78 is 43.6. The van der Waals surface area contributed by atoms with E-state index in [-0.39, 0.29) is 25.3 Å². The molecule has 0 aromatic carbocycles. The van der Waals surface area contributed by atoms with Gasteiger partial charge in [-0.1, -0.05) is 26.8 Å². The summed E-state index contributed by atoms with van der Waals surface area (Å²) in [6, 6.07) is -0.634. The van der Waals surface area contributed by atoms with Gasteiger partial charge in [-0.3, -0.25) is 19.1 Å². The molecule has 3 heterocycles. The van der Waals surface area contributed by atoms with Crippen molar-refractivity contribution in [3.05, 3.63) is 24.9 Å². The number of rotatable bonds is 11. The normalized spacial score (nSPS) is 26.5. The standard InChI is InChI=1S/C30H43N7O9S/c1-6-18-16-30(18,26(40)35-47(42,43)20-7-8-20)34-24(38)21-15-19(17-37(21)25(39)23(29(2,3)4)33-28(41)44-5)46-22-9-10-31-27(32-22)36-11-13-45-14-12-36/h6,9-10,18-21,23H,1,7-8,11-17H2,2-5H3,(H,33,41)(H,34,38)(H,35,40)/t18?,19-,21?,23-,30?/m1/s1. The van der Waals surface area contributed by atoms with Gasteiger partial charge in [0.15, 0.2) is 0 Å². The van der Waals surface area contributed by atoms with Gasteiger partial charge < -0.3 is 34.6 Å². The van der Waals surface area contributed by atoms with E-state index in [0.29, 0.717) is 45.1 Å². The topological polar surface area (TPSA) is 198 Å². The van der Waals surface area contributed by atoms with E-state index in [2.05, 4.69) is 31.9 Å². The zero-order valence-corrected chi connectivity index (χ0v) is 27.9. The summed E-state index contributed by atoms with van der Waals surface area (Å²) in [6.07, 6.45) is 2.63. The Bertz CT molecular complexity index is 1510. The predicted molar refractivity (Wildman–Crippen MR) is 168 cm³/mol. The molecule has 258 valence electrons. The maximum Gasteiger partial charge on any atom is 0.407 e. The second kappa shape index (κ2) is 13.3. The Hall–Kier alpha value is -3.99. The lowest BCUT2D eigenvalue weighted by Crippen LogP contribution is -2.60. The summed E-state index contributed by atoms with van der Waals surface area (Å²) in [6.45, 7) is 11.3. The van der Waals surface area contributed by atoms with Crippen LogP contribution in [-0.4, -0.2) is 116 Å². The number of aromatic nitrogens is 2. The van der Waals surface area contributed by atoms with Crippen LogP contribution in [0.3, 0.4) is 0 Å². The Morgan fingerprint density at radius 1 is 1.19 bits per heavy atom. The van der Waals surface area contributed by atoms with Gasteiger partial charge in [0.2, 0.25) is 33.7 Å². The van der Waals surface area contributed by atoms with E-state index >= 15 is 0 Å². The highest BCUT2D eigenvalue weighted by Crippen LogP contribution is 2.45. The molecule has 2 aliphatic carbocycles. The average Bonchev–Trinajstić information content (AvgIpc) is 3.96. The summed E-state index contributed by atoms with van der Waals surface area (Å²) in [7, 11) is -2.70. The van der Waals surface area contributed by atoms with Crippen LogP contribution in [0, 0.1) is 11.3 Å². The van der Waals surface area contributed by atoms with E-state index in [1.807, 2.05) is 4.90 Å². The minimum absolute atomic E-state index is 0.0282. The van der Waals surface area contributed by atoms with Gasteiger partial charge in [-0.25, -0.2) is 18.2 Å². The number of methoxy groups -OCH3 is 1. The third-order valence-corrected chi connectivity index (χ3v) is 10.7. The molecule has 2 saturated heterocycles. The van der Waals surface area contributed by atoms with Crippen LogP contribution in [0.15, 0.2) is 24.9 Å². The summed E-state index contributed by atoms with van der Waals surface area (Å²) >= 11 is 0. The number of anilines is 1. The van der Waals surface area contributed by atoms with Crippen LogP contribution >= 0.6 is 0 Å². The first kappa shape index (κ1) is 34.3. The molecule has 1 aromatic heterocycles. The summed E-state index contributed by atoms with van der Waals surface area (Å²) in [4.78, 5) is 65.9. The van der Waals surface area contributed by atoms with E-state index < -0.39 is 74.1 Å². The van der Waals surface area contributed by atoms with Crippen molar-refractivity contribution in [1.29, 1.82) is 0 Å². The number of hydrogen-bond acceptors (Lipinski definition) is 12. The van der Waals surface area contributed by atoms with Gasteiger partial charge in [0.1, 0.15) is 23.7 Å². The highest BCUT2D eigenvalue weighted by atomic mass is 32.2. The second-order valence-corrected chi connectivity index (χ2v) is 15.4. The number of morpholine rings is 1. The number of carbonyl (C=O) groups excluding carboxylic acids is 4. The maximum atomic E-state index is 14.1. The first-order valence-corrected chi connectivity index (χ1v) is 17.2. The number of nitrogens with zero attached hydrogens (tertiary/aromatic N) is 4. The highest BCUT2D eigenvalue weighted by Gasteiger charge is 2.62. The van der Waals surface area contributed by atoms with Crippen molar-refractivity contribution in [1.82, 2.24) is 30.2 Å². The third kappa shape index (κ3) is 7.61. The van der Waals surface area contributed by atoms with E-state index in [0.717, 1.165) is 0 Å². The minimum Gasteiger partial charge on any atom is -0.472 e. The van der Waals surface area contributed by atoms with E-state index in [1.165, 1.54) is 18.1 Å². The first-order valence-electron chi connectivity index (χ1n) is 15.7. The van der Waals surface area contributed by atoms with Crippen LogP contribution in [0.5, 0.6) is 5.88 Å². The van der Waals surface area contributed by atoms with Gasteiger partial charge in [-0.05, 0) is 24.7 Å². The van der Waals surface area contributed by atoms with Crippen LogP contribution in [0.4, 0.5) is 10.7 Å². The largest absolute Gasteiger partial charge is 0.472 e. The number of carbonyl (C=O) groups is 4. The smallest absolute Gasteiger partial charge is 0.407 e. The molecule has 0 radical (unpaired) electrons. The Morgan fingerprint density at radius 2 is 1.89 bits per heavy atom. The van der Waals surface area contributed by atoms with Gasteiger partial charge in [-0.15, -0.1) is 6.58 Å². The van der Waals surface area contributed by atoms with Gasteiger partial charge in [0, 0.05) is 37.7 Å². The van der Waals surface area contributed by atoms with Crippen LogP contribution < -0.4 is 25.0 Å². The Balaban J connectivity index is 1.39. The Kier molecular flexibility index (Phi) is 9.69. The molecular formula is C30H43N7O9S. The van der Waals surface area contributed by atoms with Gasteiger partial charge in [0.25, 0.3) is 5.91 Å². The van der Waals surface area contributed by atoms with E-state index in [9.17, 15) is 27.6 Å². The zero-order chi connectivity index (χ0) is 34.1. The molecule has 0 bridgehead atoms. The minimum atomic E-state index is -3.88. The molecule has 5 atom stereocenters. The van der Waals surface area contributed by atoms with Crippen molar-refractivity contribution in [3.63, 3.8) is 0 Å². The molecule has 4 aliphatic rings. The van der Waals surface area contributed by atoms with Crippen molar-refractivity contribution >= 4 is 39.8 Å². The monoisotopic (exact) mass is 677 g/mol. The van der Waals surface area contributed by atoms with Gasteiger partial charge in [-0.2, -0.15) is 4.98 Å². The lowest BCUT2D eigenvalue weighted by molar-refractivity contribution is -0.142. The zero-order valence-electron chi connectivity index (χ0n) is 27.1. The van der Waals surface area contributed by atoms with Crippen LogP contribution in [-0.2, 0) is 33.9 Å². The lowest BCUT2D eigenvalue weighted by Gasteiger charge is -2.35. The first-order chi connectivity index (χ1) is 22.2. The third-order valence-electron chi connectivity index (χ3n) is 8.86. The van der Waals surface area contributed by atoms with Crippen molar-refractivity contribution < 1.29 is 41.8 Å². The van der Waals surface area contributed by atoms with Gasteiger partial charge in [0.05, 0.1) is 32.1 Å². The number of likely N-dealkylation sites (tertiary alicyclic amines) is 1. The number of hydrogen-bond donors (Lipinski definition) is 3. The predicted octanol–water partition coefficient (Wildman–Crippen LogP) is 0.102. The molecule has 4 amide bonds. The number of nitrogens with one attached hydrogen (secondary N) is 3. The molecule has 2 aliphatic heterocycles. The van der Waals surface area contributed by atoms with Crippen molar-refractivity contribution in [2.45, 2.75) is 75.4 Å². The SMILES string of the molecule is C=CC1CC1(NC(=O)C1C[C@@H](Oc2ccnc(N3CCOCC3)n2)CN1C(=O)[C@@H](NC(=O)OC)C(C)(C)C)C(=O)NS(=O)(=O)C1CC1. The van der Waals surface area contributed by atoms with Crippen molar-refractivity contribution in [2.24, 2.45) is 11.3 Å². The molecule has 0 spiro atoms. The fourth-order valence-corrected chi connectivity index (χ4v) is 7.23. The molecule has 3 N–H and O–H groups in total. The lowest BCUT2D eigenvalue weighted by atomic mass is 9.85. The number of amides is 4. The number of ether oxygens (including phenoxy) is 3. The molecule has 3 unspecified atom stereocenters. The van der Waals surface area contributed by atoms with E-state index in [4.69, 9.17) is 14.2 Å². The molecule has 16 nitrogen and oxygen atoms in total. The van der Waals surface area contributed by atoms with Crippen molar-refractivity contribution in [2.75, 3.05) is 44.9 Å². The highest BCUT2D eigenvalue weighted by molar-refractivity contribution is 7.91. The molecule has 5 rings (SSSR count). The Morgan fingerprint density at radius 3 is 2.49 bits per heavy atom. The number of sulfonamides is 1. The molecule has 2 saturated carbocycles. The molecule has 4 fully saturated rings. The summed E-state index contributed by atoms with van der Waals surface area (Å²) in [5, 5.41) is 4.70. The van der Waals surface area contributed by atoms with Crippen LogP contribution in [0.25, 0.3) is 0 Å². The summed E-state index contributed by atoms with van der Waals surface area (Å²) in [5.74, 6) is -1.88. The fraction of sp³-hybridized carbons (Fsp3) is 0.667. The van der Waals surface area contributed by atoms with Crippen molar-refractivity contribution in [3.8, 4) is 5.88 Å². The maximum absolute atomic E-state index is 14.1.